The Morgan fingerprint density at radius 1 is 0.963 bits per heavy atom. The third kappa shape index (κ3) is 4.12. The molecule has 6 heteroatoms. The van der Waals surface area contributed by atoms with Gasteiger partial charge in [-0.2, -0.15) is 0 Å². The summed E-state index contributed by atoms with van der Waals surface area (Å²) in [6.45, 7) is 4.05. The van der Waals surface area contributed by atoms with E-state index in [2.05, 4.69) is 41.6 Å². The minimum absolute atomic E-state index is 0.0328. The predicted molar refractivity (Wildman–Crippen MR) is 113 cm³/mol. The molecule has 4 rings (SSSR count). The molecule has 27 heavy (non-hydrogen) atoms. The lowest BCUT2D eigenvalue weighted by Gasteiger charge is -2.04. The molecule has 0 saturated heterocycles. The van der Waals surface area contributed by atoms with Crippen molar-refractivity contribution in [1.82, 2.24) is 14.4 Å². The molecular weight excluding hydrogens is 374 g/mol. The first kappa shape index (κ1) is 17.9. The maximum atomic E-state index is 12.3. The molecule has 0 aliphatic heterocycles. The molecule has 4 nitrogen and oxygen atoms in total. The maximum absolute atomic E-state index is 12.3. The van der Waals surface area contributed by atoms with E-state index in [1.165, 1.54) is 5.56 Å². The van der Waals surface area contributed by atoms with Gasteiger partial charge < -0.3 is 0 Å². The number of aromatic nitrogens is 3. The van der Waals surface area contributed by atoms with Crippen molar-refractivity contribution in [1.29, 1.82) is 0 Å². The van der Waals surface area contributed by atoms with Gasteiger partial charge >= 0.3 is 0 Å². The van der Waals surface area contributed by atoms with Crippen LogP contribution >= 0.6 is 23.1 Å². The lowest BCUT2D eigenvalue weighted by Crippen LogP contribution is -2.15. The van der Waals surface area contributed by atoms with Gasteiger partial charge in [-0.05, 0) is 25.5 Å². The number of rotatable bonds is 5. The van der Waals surface area contributed by atoms with Crippen molar-refractivity contribution >= 4 is 28.7 Å². The molecule has 0 saturated carbocycles. The number of benzene rings is 1. The van der Waals surface area contributed by atoms with Crippen LogP contribution in [-0.4, -0.2) is 14.4 Å². The molecule has 136 valence electrons. The van der Waals surface area contributed by atoms with Gasteiger partial charge in [-0.3, -0.25) is 9.20 Å². The zero-order chi connectivity index (χ0) is 18.8. The van der Waals surface area contributed by atoms with Crippen LogP contribution in [0.2, 0.25) is 0 Å². The molecular formula is C21H19N3OS2. The molecule has 0 unspecified atom stereocenters. The Morgan fingerprint density at radius 2 is 1.70 bits per heavy atom. The number of thiazole rings is 1. The quantitative estimate of drug-likeness (QED) is 0.485. The van der Waals surface area contributed by atoms with Gasteiger partial charge in [-0.1, -0.05) is 35.9 Å². The highest BCUT2D eigenvalue weighted by molar-refractivity contribution is 7.97. The summed E-state index contributed by atoms with van der Waals surface area (Å²) < 4.78 is 1.60. The molecule has 0 N–H and O–H groups in total. The highest BCUT2D eigenvalue weighted by Gasteiger charge is 2.07. The Balaban J connectivity index is 1.43. The second kappa shape index (κ2) is 7.66. The average Bonchev–Trinajstić information content (AvgIpc) is 3.12. The van der Waals surface area contributed by atoms with Gasteiger partial charge in [0, 0.05) is 34.7 Å². The van der Waals surface area contributed by atoms with E-state index in [4.69, 9.17) is 4.98 Å². The molecule has 0 aliphatic carbocycles. The maximum Gasteiger partial charge on any atom is 0.258 e. The normalized spacial score (nSPS) is 11.2. The van der Waals surface area contributed by atoms with E-state index < -0.39 is 0 Å². The van der Waals surface area contributed by atoms with Crippen LogP contribution in [0.3, 0.4) is 0 Å². The van der Waals surface area contributed by atoms with Crippen LogP contribution in [0.25, 0.3) is 16.2 Å². The van der Waals surface area contributed by atoms with Crippen molar-refractivity contribution in [3.8, 4) is 10.6 Å². The average molecular weight is 394 g/mol. The first-order chi connectivity index (χ1) is 13.1. The molecule has 0 bridgehead atoms. The number of nitrogens with zero attached hydrogens (tertiary/aromatic N) is 3. The molecule has 0 amide bonds. The van der Waals surface area contributed by atoms with Gasteiger partial charge in [0.2, 0.25) is 0 Å². The van der Waals surface area contributed by atoms with Gasteiger partial charge in [0.05, 0.1) is 11.4 Å². The minimum atomic E-state index is -0.0328. The Labute approximate surface area is 165 Å². The van der Waals surface area contributed by atoms with Crippen molar-refractivity contribution in [3.63, 3.8) is 0 Å². The lowest BCUT2D eigenvalue weighted by atomic mass is 10.2. The molecule has 0 aliphatic rings. The zero-order valence-corrected chi connectivity index (χ0v) is 16.8. The van der Waals surface area contributed by atoms with Crippen LogP contribution in [0, 0.1) is 13.8 Å². The van der Waals surface area contributed by atoms with E-state index in [1.54, 1.807) is 33.6 Å². The van der Waals surface area contributed by atoms with E-state index in [-0.39, 0.29) is 5.56 Å². The molecule has 0 atom stereocenters. The number of hydrogen-bond donors (Lipinski definition) is 0. The van der Waals surface area contributed by atoms with Crippen LogP contribution in [0.4, 0.5) is 0 Å². The number of pyridine rings is 1. The number of aryl methyl sites for hydroxylation is 2. The molecule has 0 spiro atoms. The summed E-state index contributed by atoms with van der Waals surface area (Å²) in [5.41, 5.74) is 5.98. The lowest BCUT2D eigenvalue weighted by molar-refractivity contribution is 1.00. The summed E-state index contributed by atoms with van der Waals surface area (Å²) >= 11 is 3.39. The van der Waals surface area contributed by atoms with Crippen LogP contribution in [0.15, 0.2) is 58.8 Å². The highest BCUT2D eigenvalue weighted by Crippen LogP contribution is 2.26. The monoisotopic (exact) mass is 393 g/mol. The summed E-state index contributed by atoms with van der Waals surface area (Å²) in [5.74, 6) is 1.49. The van der Waals surface area contributed by atoms with Gasteiger partial charge in [0.1, 0.15) is 10.7 Å². The van der Waals surface area contributed by atoms with Crippen molar-refractivity contribution in [2.24, 2.45) is 0 Å². The van der Waals surface area contributed by atoms with Crippen molar-refractivity contribution in [2.75, 3.05) is 0 Å². The fourth-order valence-electron chi connectivity index (χ4n) is 2.79. The second-order valence-electron chi connectivity index (χ2n) is 6.52. The van der Waals surface area contributed by atoms with E-state index in [0.717, 1.165) is 33.3 Å². The van der Waals surface area contributed by atoms with Gasteiger partial charge in [-0.25, -0.2) is 9.97 Å². The molecule has 3 aromatic heterocycles. The number of thioether (sulfide) groups is 1. The van der Waals surface area contributed by atoms with E-state index >= 15 is 0 Å². The van der Waals surface area contributed by atoms with Crippen molar-refractivity contribution in [2.45, 2.75) is 25.4 Å². The van der Waals surface area contributed by atoms with Gasteiger partial charge in [-0.15, -0.1) is 23.1 Å². The molecule has 4 aromatic rings. The topological polar surface area (TPSA) is 47.3 Å². The van der Waals surface area contributed by atoms with Gasteiger partial charge in [0.15, 0.2) is 0 Å². The third-order valence-corrected chi connectivity index (χ3v) is 6.15. The highest BCUT2D eigenvalue weighted by atomic mass is 32.2. The molecule has 1 aromatic carbocycles. The summed E-state index contributed by atoms with van der Waals surface area (Å²) in [6, 6.07) is 13.9. The summed E-state index contributed by atoms with van der Waals surface area (Å²) in [4.78, 5) is 21.6. The van der Waals surface area contributed by atoms with Crippen LogP contribution in [-0.2, 0) is 11.5 Å². The van der Waals surface area contributed by atoms with Crippen molar-refractivity contribution in [3.05, 3.63) is 86.9 Å². The largest absolute Gasteiger partial charge is 0.269 e. The predicted octanol–water partition coefficient (Wildman–Crippen LogP) is 4.87. The smallest absolute Gasteiger partial charge is 0.258 e. The van der Waals surface area contributed by atoms with Crippen molar-refractivity contribution < 1.29 is 0 Å². The summed E-state index contributed by atoms with van der Waals surface area (Å²) in [5, 5.41) is 3.15. The van der Waals surface area contributed by atoms with Crippen LogP contribution < -0.4 is 5.56 Å². The standard InChI is InChI=1S/C21H19N3OS2/c1-14-3-6-16(7-4-14)21-23-18(13-27-21)12-26-11-17-9-20(25)24-10-15(2)5-8-19(24)22-17/h3-10,13H,11-12H2,1-2H3. The summed E-state index contributed by atoms with van der Waals surface area (Å²) in [7, 11) is 0. The second-order valence-corrected chi connectivity index (χ2v) is 8.37. The van der Waals surface area contributed by atoms with E-state index in [9.17, 15) is 4.79 Å². The van der Waals surface area contributed by atoms with E-state index in [0.29, 0.717) is 11.4 Å². The van der Waals surface area contributed by atoms with E-state index in [1.807, 2.05) is 25.3 Å². The molecule has 0 radical (unpaired) electrons. The van der Waals surface area contributed by atoms with Crippen LogP contribution in [0.1, 0.15) is 22.5 Å². The summed E-state index contributed by atoms with van der Waals surface area (Å²) in [6.07, 6.45) is 1.82. The molecule has 3 heterocycles. The number of hydrogen-bond acceptors (Lipinski definition) is 5. The number of fused-ring (bicyclic) bond motifs is 1. The molecule has 0 fully saturated rings. The first-order valence-electron chi connectivity index (χ1n) is 8.66. The van der Waals surface area contributed by atoms with Crippen LogP contribution in [0.5, 0.6) is 0 Å². The first-order valence-corrected chi connectivity index (χ1v) is 10.7. The Bertz CT molecular complexity index is 1150. The fourth-order valence-corrected chi connectivity index (χ4v) is 4.54. The Hall–Kier alpha value is -2.44. The zero-order valence-electron chi connectivity index (χ0n) is 15.2. The third-order valence-electron chi connectivity index (χ3n) is 4.21. The fraction of sp³-hybridized carbons (Fsp3) is 0.190. The van der Waals surface area contributed by atoms with Gasteiger partial charge in [0.25, 0.3) is 5.56 Å². The Morgan fingerprint density at radius 3 is 2.52 bits per heavy atom. The minimum Gasteiger partial charge on any atom is -0.269 e. The SMILES string of the molecule is Cc1ccc(-c2nc(CSCc3cc(=O)n4cc(C)ccc4n3)cs2)cc1. The Kier molecular flexibility index (Phi) is 5.09.